The normalized spacial score (nSPS) is 12.3. The molecule has 0 spiro atoms. The molecule has 0 amide bonds. The number of phenols is 1. The molecule has 5 heteroatoms. The third-order valence-corrected chi connectivity index (χ3v) is 5.43. The zero-order chi connectivity index (χ0) is 17.8. The maximum absolute atomic E-state index is 10.3. The zero-order valence-corrected chi connectivity index (χ0v) is 15.6. The van der Waals surface area contributed by atoms with E-state index >= 15 is 0 Å². The number of pyridine rings is 1. The number of phenolic OH excluding ortho intramolecular Hbond substituents is 1. The molecule has 1 unspecified atom stereocenters. The predicted molar refractivity (Wildman–Crippen MR) is 103 cm³/mol. The Morgan fingerprint density at radius 2 is 1.92 bits per heavy atom. The Hall–Kier alpha value is -2.24. The number of nitrogens with zero attached hydrogens (tertiary/aromatic N) is 2. The number of benzene rings is 1. The SMILES string of the molecule is Cc1ccc(C(C)NCCc2nc(-c3ccncc3)cs2)c(O)c1C. The first kappa shape index (κ1) is 17.6. The van der Waals surface area contributed by atoms with Gasteiger partial charge in [0.15, 0.2) is 0 Å². The van der Waals surface area contributed by atoms with Gasteiger partial charge in [0.05, 0.1) is 10.7 Å². The van der Waals surface area contributed by atoms with Crippen LogP contribution < -0.4 is 5.32 Å². The van der Waals surface area contributed by atoms with Gasteiger partial charge in [0.2, 0.25) is 0 Å². The van der Waals surface area contributed by atoms with Gasteiger partial charge in [-0.25, -0.2) is 4.98 Å². The van der Waals surface area contributed by atoms with E-state index in [-0.39, 0.29) is 6.04 Å². The summed E-state index contributed by atoms with van der Waals surface area (Å²) in [5.41, 5.74) is 5.11. The van der Waals surface area contributed by atoms with E-state index in [1.807, 2.05) is 32.0 Å². The van der Waals surface area contributed by atoms with Crippen LogP contribution in [0.2, 0.25) is 0 Å². The van der Waals surface area contributed by atoms with Crippen LogP contribution in [-0.4, -0.2) is 21.6 Å². The molecule has 0 saturated carbocycles. The predicted octanol–water partition coefficient (Wildman–Crippen LogP) is 4.42. The highest BCUT2D eigenvalue weighted by atomic mass is 32.1. The average Bonchev–Trinajstić information content (AvgIpc) is 3.09. The quantitative estimate of drug-likeness (QED) is 0.689. The smallest absolute Gasteiger partial charge is 0.123 e. The monoisotopic (exact) mass is 353 g/mol. The number of hydrogen-bond donors (Lipinski definition) is 2. The second kappa shape index (κ2) is 7.76. The fourth-order valence-corrected chi connectivity index (χ4v) is 3.57. The lowest BCUT2D eigenvalue weighted by molar-refractivity contribution is 0.448. The van der Waals surface area contributed by atoms with E-state index in [1.54, 1.807) is 23.7 Å². The molecule has 3 aromatic rings. The summed E-state index contributed by atoms with van der Waals surface area (Å²) in [6.07, 6.45) is 4.44. The highest BCUT2D eigenvalue weighted by Crippen LogP contribution is 2.29. The van der Waals surface area contributed by atoms with E-state index in [9.17, 15) is 5.11 Å². The van der Waals surface area contributed by atoms with Crippen LogP contribution in [0.25, 0.3) is 11.3 Å². The van der Waals surface area contributed by atoms with E-state index in [0.717, 1.165) is 45.9 Å². The molecular weight excluding hydrogens is 330 g/mol. The lowest BCUT2D eigenvalue weighted by Gasteiger charge is -2.17. The average molecular weight is 353 g/mol. The number of hydrogen-bond acceptors (Lipinski definition) is 5. The fourth-order valence-electron chi connectivity index (χ4n) is 2.76. The Bertz CT molecular complexity index is 845. The summed E-state index contributed by atoms with van der Waals surface area (Å²) in [6, 6.07) is 8.10. The van der Waals surface area contributed by atoms with Crippen molar-refractivity contribution in [2.24, 2.45) is 0 Å². The van der Waals surface area contributed by atoms with Crippen LogP contribution in [0.3, 0.4) is 0 Å². The van der Waals surface area contributed by atoms with Crippen LogP contribution in [0.15, 0.2) is 42.0 Å². The molecule has 3 rings (SSSR count). The minimum Gasteiger partial charge on any atom is -0.507 e. The van der Waals surface area contributed by atoms with Gasteiger partial charge in [-0.2, -0.15) is 0 Å². The van der Waals surface area contributed by atoms with Crippen molar-refractivity contribution in [1.29, 1.82) is 0 Å². The van der Waals surface area contributed by atoms with Gasteiger partial charge in [0, 0.05) is 47.9 Å². The van der Waals surface area contributed by atoms with E-state index in [1.165, 1.54) is 0 Å². The van der Waals surface area contributed by atoms with Gasteiger partial charge < -0.3 is 10.4 Å². The fraction of sp³-hybridized carbons (Fsp3) is 0.300. The van der Waals surface area contributed by atoms with Crippen molar-refractivity contribution in [2.45, 2.75) is 33.2 Å². The second-order valence-corrected chi connectivity index (χ2v) is 7.18. The van der Waals surface area contributed by atoms with Gasteiger partial charge in [-0.3, -0.25) is 4.98 Å². The molecule has 0 saturated heterocycles. The van der Waals surface area contributed by atoms with Crippen molar-refractivity contribution in [3.05, 3.63) is 63.7 Å². The molecule has 0 aliphatic heterocycles. The molecule has 2 heterocycles. The van der Waals surface area contributed by atoms with Gasteiger partial charge in [-0.1, -0.05) is 12.1 Å². The molecule has 0 aliphatic rings. The van der Waals surface area contributed by atoms with Crippen molar-refractivity contribution >= 4 is 11.3 Å². The highest BCUT2D eigenvalue weighted by Gasteiger charge is 2.13. The molecule has 0 fully saturated rings. The first-order valence-electron chi connectivity index (χ1n) is 8.43. The molecule has 2 N–H and O–H groups in total. The summed E-state index contributed by atoms with van der Waals surface area (Å²) < 4.78 is 0. The van der Waals surface area contributed by atoms with Crippen LogP contribution in [0.1, 0.15) is 34.7 Å². The van der Waals surface area contributed by atoms with Crippen molar-refractivity contribution in [1.82, 2.24) is 15.3 Å². The number of rotatable bonds is 6. The molecule has 0 aliphatic carbocycles. The molecule has 1 aromatic carbocycles. The molecule has 130 valence electrons. The largest absolute Gasteiger partial charge is 0.507 e. The van der Waals surface area contributed by atoms with E-state index in [2.05, 4.69) is 28.7 Å². The van der Waals surface area contributed by atoms with Gasteiger partial charge in [0.25, 0.3) is 0 Å². The van der Waals surface area contributed by atoms with Gasteiger partial charge >= 0.3 is 0 Å². The lowest BCUT2D eigenvalue weighted by Crippen LogP contribution is -2.21. The Morgan fingerprint density at radius 1 is 1.16 bits per heavy atom. The van der Waals surface area contributed by atoms with Crippen molar-refractivity contribution in [2.75, 3.05) is 6.54 Å². The van der Waals surface area contributed by atoms with Gasteiger partial charge in [0.1, 0.15) is 5.75 Å². The first-order valence-corrected chi connectivity index (χ1v) is 9.31. The summed E-state index contributed by atoms with van der Waals surface area (Å²) in [5, 5.41) is 17.0. The zero-order valence-electron chi connectivity index (χ0n) is 14.8. The van der Waals surface area contributed by atoms with Crippen molar-refractivity contribution in [3.63, 3.8) is 0 Å². The van der Waals surface area contributed by atoms with Gasteiger partial charge in [-0.05, 0) is 44.0 Å². The highest BCUT2D eigenvalue weighted by molar-refractivity contribution is 7.09. The number of thiazole rings is 1. The Labute approximate surface area is 152 Å². The molecule has 1 atom stereocenters. The molecule has 4 nitrogen and oxygen atoms in total. The lowest BCUT2D eigenvalue weighted by atomic mass is 10.00. The summed E-state index contributed by atoms with van der Waals surface area (Å²) in [7, 11) is 0. The molecule has 0 radical (unpaired) electrons. The number of aromatic nitrogens is 2. The minimum absolute atomic E-state index is 0.0962. The summed E-state index contributed by atoms with van der Waals surface area (Å²) in [5.74, 6) is 0.397. The maximum Gasteiger partial charge on any atom is 0.123 e. The third-order valence-electron chi connectivity index (χ3n) is 4.52. The number of nitrogens with one attached hydrogen (secondary N) is 1. The van der Waals surface area contributed by atoms with Gasteiger partial charge in [-0.15, -0.1) is 11.3 Å². The number of aryl methyl sites for hydroxylation is 1. The minimum atomic E-state index is 0.0962. The van der Waals surface area contributed by atoms with E-state index in [4.69, 9.17) is 4.98 Å². The Balaban J connectivity index is 1.58. The standard InChI is InChI=1S/C20H23N3OS/c1-13-4-5-17(20(24)14(13)2)15(3)22-11-8-19-23-18(12-25-19)16-6-9-21-10-7-16/h4-7,9-10,12,15,22,24H,8,11H2,1-3H3. The molecule has 0 bridgehead atoms. The summed E-state index contributed by atoms with van der Waals surface area (Å²) in [6.45, 7) is 6.86. The van der Waals surface area contributed by atoms with Crippen LogP contribution >= 0.6 is 11.3 Å². The molecular formula is C20H23N3OS. The van der Waals surface area contributed by atoms with Crippen LogP contribution in [0, 0.1) is 13.8 Å². The van der Waals surface area contributed by atoms with Crippen molar-refractivity contribution in [3.8, 4) is 17.0 Å². The Kier molecular flexibility index (Phi) is 5.46. The van der Waals surface area contributed by atoms with E-state index in [0.29, 0.717) is 5.75 Å². The number of aromatic hydroxyl groups is 1. The summed E-state index contributed by atoms with van der Waals surface area (Å²) >= 11 is 1.68. The third kappa shape index (κ3) is 4.06. The Morgan fingerprint density at radius 3 is 2.68 bits per heavy atom. The molecule has 25 heavy (non-hydrogen) atoms. The topological polar surface area (TPSA) is 58.0 Å². The van der Waals surface area contributed by atoms with E-state index < -0.39 is 0 Å². The second-order valence-electron chi connectivity index (χ2n) is 6.23. The van der Waals surface area contributed by atoms with Crippen LogP contribution in [0.4, 0.5) is 0 Å². The summed E-state index contributed by atoms with van der Waals surface area (Å²) in [4.78, 5) is 8.73. The first-order chi connectivity index (χ1) is 12.1. The van der Waals surface area contributed by atoms with Crippen molar-refractivity contribution < 1.29 is 5.11 Å². The molecule has 2 aromatic heterocycles. The van der Waals surface area contributed by atoms with Crippen LogP contribution in [-0.2, 0) is 6.42 Å². The van der Waals surface area contributed by atoms with Crippen LogP contribution in [0.5, 0.6) is 5.75 Å². The maximum atomic E-state index is 10.3.